The Morgan fingerprint density at radius 3 is 2.68 bits per heavy atom. The molecule has 0 amide bonds. The van der Waals surface area contributed by atoms with E-state index in [1.165, 1.54) is 12.4 Å². The van der Waals surface area contributed by atoms with Crippen LogP contribution in [-0.4, -0.2) is 40.3 Å². The van der Waals surface area contributed by atoms with Gasteiger partial charge in [-0.2, -0.15) is 13.2 Å². The number of alkyl halides is 3. The van der Waals surface area contributed by atoms with Crippen molar-refractivity contribution in [2.45, 2.75) is 12.6 Å². The van der Waals surface area contributed by atoms with Crippen LogP contribution >= 0.6 is 0 Å². The topological polar surface area (TPSA) is 86.3 Å². The van der Waals surface area contributed by atoms with Crippen LogP contribution in [0.5, 0.6) is 0 Å². The van der Waals surface area contributed by atoms with E-state index in [1.54, 1.807) is 0 Å². The molecular weight excluding hydrogens is 267 g/mol. The summed E-state index contributed by atoms with van der Waals surface area (Å²) in [5.74, 6) is -2.13. The van der Waals surface area contributed by atoms with Gasteiger partial charge in [-0.25, -0.2) is 4.98 Å². The Morgan fingerprint density at radius 1 is 1.53 bits per heavy atom. The van der Waals surface area contributed by atoms with Crippen LogP contribution in [-0.2, 0) is 4.79 Å². The summed E-state index contributed by atoms with van der Waals surface area (Å²) in [6.45, 7) is -1.00. The summed E-state index contributed by atoms with van der Waals surface area (Å²) in [5.41, 5.74) is -3.50. The van der Waals surface area contributed by atoms with E-state index >= 15 is 0 Å². The third-order valence-corrected chi connectivity index (χ3v) is 3.21. The Morgan fingerprint density at radius 2 is 2.21 bits per heavy atom. The summed E-state index contributed by atoms with van der Waals surface area (Å²) in [6, 6.07) is 0. The average molecular weight is 277 g/mol. The molecule has 1 atom stereocenters. The Kier molecular flexibility index (Phi) is 2.99. The number of aliphatic carboxylic acids is 1. The van der Waals surface area contributed by atoms with Gasteiger partial charge in [0.05, 0.1) is 0 Å². The van der Waals surface area contributed by atoms with Crippen LogP contribution in [0, 0.1) is 5.41 Å². The zero-order valence-corrected chi connectivity index (χ0v) is 9.57. The first-order valence-corrected chi connectivity index (χ1v) is 5.37. The largest absolute Gasteiger partial charge is 0.481 e. The van der Waals surface area contributed by atoms with Crippen LogP contribution in [0.2, 0.25) is 0 Å². The van der Waals surface area contributed by atoms with Crippen molar-refractivity contribution in [2.75, 3.05) is 18.0 Å². The number of halogens is 3. The van der Waals surface area contributed by atoms with Crippen molar-refractivity contribution in [1.82, 2.24) is 9.97 Å². The van der Waals surface area contributed by atoms with E-state index in [-0.39, 0.29) is 12.4 Å². The number of carboxylic acid groups (broad SMARTS) is 1. The minimum atomic E-state index is -4.88. The summed E-state index contributed by atoms with van der Waals surface area (Å²) in [7, 11) is 0. The van der Waals surface area contributed by atoms with E-state index in [0.717, 1.165) is 4.90 Å². The highest BCUT2D eigenvalue weighted by Crippen LogP contribution is 2.46. The molecule has 0 radical (unpaired) electrons. The van der Waals surface area contributed by atoms with Crippen molar-refractivity contribution in [3.63, 3.8) is 0 Å². The van der Waals surface area contributed by atoms with Gasteiger partial charge < -0.3 is 15.0 Å². The Labute approximate surface area is 104 Å². The minimum Gasteiger partial charge on any atom is -0.481 e. The number of aromatic nitrogens is 2. The van der Waals surface area contributed by atoms with Gasteiger partial charge in [-0.15, -0.1) is 0 Å². The Bertz CT molecular complexity index is 557. The van der Waals surface area contributed by atoms with Gasteiger partial charge in [-0.3, -0.25) is 9.59 Å². The predicted octanol–water partition coefficient (Wildman–Crippen LogP) is 0.613. The quantitative estimate of drug-likeness (QED) is 0.827. The maximum atomic E-state index is 12.9. The van der Waals surface area contributed by atoms with E-state index in [4.69, 9.17) is 5.11 Å². The summed E-state index contributed by atoms with van der Waals surface area (Å²) >= 11 is 0. The smallest absolute Gasteiger partial charge is 0.406 e. The van der Waals surface area contributed by atoms with Crippen molar-refractivity contribution in [2.24, 2.45) is 5.41 Å². The lowest BCUT2D eigenvalue weighted by molar-refractivity contribution is -0.225. The molecule has 2 heterocycles. The molecule has 1 aromatic rings. The van der Waals surface area contributed by atoms with Crippen LogP contribution in [0.3, 0.4) is 0 Å². The SMILES string of the molecule is O=C(O)C1(C(F)(F)F)CCN(c2ncc[nH]c2=O)C1. The minimum absolute atomic E-state index is 0.189. The summed E-state index contributed by atoms with van der Waals surface area (Å²) in [6.07, 6.45) is -3.02. The first-order chi connectivity index (χ1) is 8.78. The van der Waals surface area contributed by atoms with Crippen molar-refractivity contribution in [3.8, 4) is 0 Å². The molecule has 1 saturated heterocycles. The number of anilines is 1. The zero-order valence-electron chi connectivity index (χ0n) is 9.57. The number of nitrogens with one attached hydrogen (secondary N) is 1. The third-order valence-electron chi connectivity index (χ3n) is 3.21. The molecule has 1 aromatic heterocycles. The van der Waals surface area contributed by atoms with Crippen molar-refractivity contribution < 1.29 is 23.1 Å². The second-order valence-electron chi connectivity index (χ2n) is 4.30. The lowest BCUT2D eigenvalue weighted by Gasteiger charge is -2.27. The fourth-order valence-corrected chi connectivity index (χ4v) is 2.09. The highest BCUT2D eigenvalue weighted by Gasteiger charge is 2.64. The Hall–Kier alpha value is -2.06. The lowest BCUT2D eigenvalue weighted by atomic mass is 9.86. The van der Waals surface area contributed by atoms with Gasteiger partial charge in [0.1, 0.15) is 0 Å². The summed E-state index contributed by atoms with van der Waals surface area (Å²) < 4.78 is 38.8. The van der Waals surface area contributed by atoms with E-state index in [2.05, 4.69) is 9.97 Å². The molecule has 6 nitrogen and oxygen atoms in total. The maximum Gasteiger partial charge on any atom is 0.406 e. The number of hydrogen-bond acceptors (Lipinski definition) is 4. The number of hydrogen-bond donors (Lipinski definition) is 2. The summed E-state index contributed by atoms with van der Waals surface area (Å²) in [5, 5.41) is 8.88. The first-order valence-electron chi connectivity index (χ1n) is 5.37. The van der Waals surface area contributed by atoms with Crippen LogP contribution < -0.4 is 10.5 Å². The normalized spacial score (nSPS) is 23.6. The number of aromatic amines is 1. The van der Waals surface area contributed by atoms with Crippen molar-refractivity contribution in [3.05, 3.63) is 22.7 Å². The molecule has 0 spiro atoms. The van der Waals surface area contributed by atoms with E-state index in [1.807, 2.05) is 0 Å². The molecule has 0 aromatic carbocycles. The molecule has 0 saturated carbocycles. The highest BCUT2D eigenvalue weighted by molar-refractivity contribution is 5.77. The number of H-pyrrole nitrogens is 1. The van der Waals surface area contributed by atoms with Crippen LogP contribution in [0.25, 0.3) is 0 Å². The molecule has 104 valence electrons. The fraction of sp³-hybridized carbons (Fsp3) is 0.500. The van der Waals surface area contributed by atoms with Gasteiger partial charge >= 0.3 is 12.1 Å². The monoisotopic (exact) mass is 277 g/mol. The maximum absolute atomic E-state index is 12.9. The van der Waals surface area contributed by atoms with E-state index in [0.29, 0.717) is 0 Å². The second kappa shape index (κ2) is 4.25. The van der Waals surface area contributed by atoms with Crippen LogP contribution in [0.1, 0.15) is 6.42 Å². The number of carboxylic acids is 1. The standard InChI is InChI=1S/C10H10F3N3O3/c11-10(12,13)9(8(18)19)1-4-16(5-9)6-7(17)15-3-2-14-6/h2-3H,1,4-5H2,(H,15,17)(H,18,19). The van der Waals surface area contributed by atoms with Gasteiger partial charge in [0.15, 0.2) is 11.2 Å². The molecule has 1 aliphatic rings. The molecule has 0 aliphatic carbocycles. The van der Waals surface area contributed by atoms with Gasteiger partial charge in [0.2, 0.25) is 0 Å². The number of nitrogens with zero attached hydrogens (tertiary/aromatic N) is 2. The molecule has 2 rings (SSSR count). The van der Waals surface area contributed by atoms with Crippen LogP contribution in [0.4, 0.5) is 19.0 Å². The van der Waals surface area contributed by atoms with Gasteiger partial charge in [0, 0.05) is 25.5 Å². The van der Waals surface area contributed by atoms with Crippen molar-refractivity contribution >= 4 is 11.8 Å². The highest BCUT2D eigenvalue weighted by atomic mass is 19.4. The van der Waals surface area contributed by atoms with Crippen LogP contribution in [0.15, 0.2) is 17.2 Å². The van der Waals surface area contributed by atoms with Gasteiger partial charge in [-0.1, -0.05) is 0 Å². The molecule has 0 bridgehead atoms. The molecule has 1 fully saturated rings. The number of carbonyl (C=O) groups is 1. The molecule has 1 unspecified atom stereocenters. The predicted molar refractivity (Wildman–Crippen MR) is 57.8 cm³/mol. The Balaban J connectivity index is 2.36. The summed E-state index contributed by atoms with van der Waals surface area (Å²) in [4.78, 5) is 29.4. The third kappa shape index (κ3) is 2.04. The first kappa shape index (κ1) is 13.4. The average Bonchev–Trinajstić information content (AvgIpc) is 2.75. The molecule has 19 heavy (non-hydrogen) atoms. The molecule has 1 aliphatic heterocycles. The van der Waals surface area contributed by atoms with E-state index < -0.39 is 36.1 Å². The molecular formula is C10H10F3N3O3. The molecule has 9 heteroatoms. The van der Waals surface area contributed by atoms with Gasteiger partial charge in [-0.05, 0) is 6.42 Å². The fourth-order valence-electron chi connectivity index (χ4n) is 2.09. The second-order valence-corrected chi connectivity index (χ2v) is 4.30. The lowest BCUT2D eigenvalue weighted by Crippen LogP contribution is -2.47. The van der Waals surface area contributed by atoms with E-state index in [9.17, 15) is 22.8 Å². The molecule has 2 N–H and O–H groups in total. The van der Waals surface area contributed by atoms with Gasteiger partial charge in [0.25, 0.3) is 5.56 Å². The zero-order chi connectivity index (χ0) is 14.3. The number of rotatable bonds is 2. The van der Waals surface area contributed by atoms with Crippen molar-refractivity contribution in [1.29, 1.82) is 0 Å².